The van der Waals surface area contributed by atoms with E-state index in [0.717, 1.165) is 47.9 Å². The predicted octanol–water partition coefficient (Wildman–Crippen LogP) is 3.44. The molecule has 0 aliphatic carbocycles. The standard InChI is InChI=1S/C20H26N4O2/c1-5-23(6-2)13-16-20(22-19-10-8-15(21)12-24(16)19)14-7-9-17(25-3)18(11-14)26-4/h7-12H,5-6,13,21H2,1-4H3. The number of benzene rings is 1. The van der Waals surface area contributed by atoms with Crippen LogP contribution in [-0.2, 0) is 6.54 Å². The molecule has 3 rings (SSSR count). The van der Waals surface area contributed by atoms with E-state index in [1.165, 1.54) is 0 Å². The first-order chi connectivity index (χ1) is 12.6. The Kier molecular flexibility index (Phi) is 5.32. The molecular formula is C20H26N4O2. The average Bonchev–Trinajstić information content (AvgIpc) is 3.02. The van der Waals surface area contributed by atoms with E-state index in [1.54, 1.807) is 14.2 Å². The quantitative estimate of drug-likeness (QED) is 0.704. The van der Waals surface area contributed by atoms with Crippen LogP contribution in [-0.4, -0.2) is 41.6 Å². The third-order valence-electron chi connectivity index (χ3n) is 4.67. The Hall–Kier alpha value is -2.73. The largest absolute Gasteiger partial charge is 0.493 e. The number of nitrogens with zero attached hydrogens (tertiary/aromatic N) is 3. The molecule has 2 N–H and O–H groups in total. The third-order valence-corrected chi connectivity index (χ3v) is 4.67. The van der Waals surface area contributed by atoms with E-state index >= 15 is 0 Å². The highest BCUT2D eigenvalue weighted by Crippen LogP contribution is 2.34. The molecule has 3 aromatic rings. The van der Waals surface area contributed by atoms with Gasteiger partial charge in [-0.1, -0.05) is 13.8 Å². The zero-order chi connectivity index (χ0) is 18.7. The monoisotopic (exact) mass is 354 g/mol. The topological polar surface area (TPSA) is 65.0 Å². The minimum atomic E-state index is 0.690. The Labute approximate surface area is 154 Å². The van der Waals surface area contributed by atoms with Crippen molar-refractivity contribution in [2.45, 2.75) is 20.4 Å². The summed E-state index contributed by atoms with van der Waals surface area (Å²) in [5.41, 5.74) is 10.7. The fourth-order valence-electron chi connectivity index (χ4n) is 3.13. The summed E-state index contributed by atoms with van der Waals surface area (Å²) in [6.45, 7) is 7.06. The summed E-state index contributed by atoms with van der Waals surface area (Å²) in [4.78, 5) is 7.22. The van der Waals surface area contributed by atoms with E-state index in [1.807, 2.05) is 36.5 Å². The number of nitrogen functional groups attached to an aromatic ring is 1. The number of fused-ring (bicyclic) bond motifs is 1. The lowest BCUT2D eigenvalue weighted by atomic mass is 10.1. The number of nitrogens with two attached hydrogens (primary N) is 1. The van der Waals surface area contributed by atoms with Crippen LogP contribution in [0.5, 0.6) is 11.5 Å². The summed E-state index contributed by atoms with van der Waals surface area (Å²) in [5.74, 6) is 1.39. The molecule has 26 heavy (non-hydrogen) atoms. The summed E-state index contributed by atoms with van der Waals surface area (Å²) in [6.07, 6.45) is 1.94. The van der Waals surface area contributed by atoms with Crippen molar-refractivity contribution in [3.63, 3.8) is 0 Å². The molecule has 0 aliphatic rings. The number of imidazole rings is 1. The molecule has 2 heterocycles. The number of ether oxygens (including phenoxy) is 2. The average molecular weight is 354 g/mol. The van der Waals surface area contributed by atoms with Crippen LogP contribution in [0, 0.1) is 0 Å². The van der Waals surface area contributed by atoms with Crippen molar-refractivity contribution in [1.82, 2.24) is 14.3 Å². The van der Waals surface area contributed by atoms with E-state index in [-0.39, 0.29) is 0 Å². The summed E-state index contributed by atoms with van der Waals surface area (Å²) in [5, 5.41) is 0. The molecule has 0 spiro atoms. The second-order valence-electron chi connectivity index (χ2n) is 6.13. The van der Waals surface area contributed by atoms with Crippen molar-refractivity contribution >= 4 is 11.3 Å². The van der Waals surface area contributed by atoms with Gasteiger partial charge in [0.25, 0.3) is 0 Å². The summed E-state index contributed by atoms with van der Waals surface area (Å²) >= 11 is 0. The van der Waals surface area contributed by atoms with Crippen LogP contribution in [0.1, 0.15) is 19.5 Å². The summed E-state index contributed by atoms with van der Waals surface area (Å²) in [6, 6.07) is 9.72. The Morgan fingerprint density at radius 2 is 1.77 bits per heavy atom. The Morgan fingerprint density at radius 3 is 2.42 bits per heavy atom. The van der Waals surface area contributed by atoms with Gasteiger partial charge in [-0.2, -0.15) is 0 Å². The summed E-state index contributed by atoms with van der Waals surface area (Å²) in [7, 11) is 3.28. The molecule has 0 fully saturated rings. The first kappa shape index (κ1) is 18.1. The van der Waals surface area contributed by atoms with E-state index in [2.05, 4.69) is 23.1 Å². The Morgan fingerprint density at radius 1 is 1.04 bits per heavy atom. The number of rotatable bonds is 7. The van der Waals surface area contributed by atoms with E-state index < -0.39 is 0 Å². The molecule has 0 bridgehead atoms. The molecule has 0 unspecified atom stereocenters. The van der Waals surface area contributed by atoms with Gasteiger partial charge < -0.3 is 19.6 Å². The fourth-order valence-corrected chi connectivity index (χ4v) is 3.13. The fraction of sp³-hybridized carbons (Fsp3) is 0.350. The minimum absolute atomic E-state index is 0.690. The lowest BCUT2D eigenvalue weighted by Gasteiger charge is -2.19. The molecule has 0 aliphatic heterocycles. The maximum absolute atomic E-state index is 6.02. The number of anilines is 1. The van der Waals surface area contributed by atoms with Gasteiger partial charge in [-0.05, 0) is 43.4 Å². The Bertz CT molecular complexity index is 900. The first-order valence-electron chi connectivity index (χ1n) is 8.82. The maximum atomic E-state index is 6.02. The van der Waals surface area contributed by atoms with E-state index in [0.29, 0.717) is 11.5 Å². The van der Waals surface area contributed by atoms with Crippen molar-refractivity contribution in [1.29, 1.82) is 0 Å². The van der Waals surface area contributed by atoms with Crippen molar-refractivity contribution in [3.8, 4) is 22.8 Å². The van der Waals surface area contributed by atoms with Crippen LogP contribution in [0.2, 0.25) is 0 Å². The SMILES string of the molecule is CCN(CC)Cc1c(-c2ccc(OC)c(OC)c2)nc2ccc(N)cn12. The van der Waals surface area contributed by atoms with E-state index in [9.17, 15) is 0 Å². The lowest BCUT2D eigenvalue weighted by Crippen LogP contribution is -2.23. The zero-order valence-electron chi connectivity index (χ0n) is 15.8. The molecule has 1 aromatic carbocycles. The van der Waals surface area contributed by atoms with Gasteiger partial charge in [0.1, 0.15) is 5.65 Å². The van der Waals surface area contributed by atoms with Crippen LogP contribution in [0.15, 0.2) is 36.5 Å². The van der Waals surface area contributed by atoms with E-state index in [4.69, 9.17) is 20.2 Å². The molecule has 6 nitrogen and oxygen atoms in total. The molecule has 0 atom stereocenters. The van der Waals surface area contributed by atoms with Crippen molar-refractivity contribution in [2.24, 2.45) is 0 Å². The smallest absolute Gasteiger partial charge is 0.161 e. The maximum Gasteiger partial charge on any atom is 0.161 e. The number of aromatic nitrogens is 2. The van der Waals surface area contributed by atoms with Gasteiger partial charge in [-0.15, -0.1) is 0 Å². The molecule has 0 saturated carbocycles. The van der Waals surface area contributed by atoms with Crippen LogP contribution in [0.3, 0.4) is 0 Å². The molecule has 0 saturated heterocycles. The second kappa shape index (κ2) is 7.66. The molecular weight excluding hydrogens is 328 g/mol. The van der Waals surface area contributed by atoms with Crippen molar-refractivity contribution in [2.75, 3.05) is 33.0 Å². The first-order valence-corrected chi connectivity index (χ1v) is 8.82. The third kappa shape index (κ3) is 3.32. The van der Waals surface area contributed by atoms with Crippen molar-refractivity contribution in [3.05, 3.63) is 42.2 Å². The van der Waals surface area contributed by atoms with Gasteiger partial charge in [0, 0.05) is 24.0 Å². The van der Waals surface area contributed by atoms with Gasteiger partial charge in [0.2, 0.25) is 0 Å². The molecule has 138 valence electrons. The predicted molar refractivity (Wildman–Crippen MR) is 105 cm³/mol. The number of hydrogen-bond donors (Lipinski definition) is 1. The zero-order valence-corrected chi connectivity index (χ0v) is 15.8. The second-order valence-corrected chi connectivity index (χ2v) is 6.13. The normalized spacial score (nSPS) is 11.3. The molecule has 2 aromatic heterocycles. The highest BCUT2D eigenvalue weighted by atomic mass is 16.5. The van der Waals surface area contributed by atoms with Gasteiger partial charge in [-0.25, -0.2) is 4.98 Å². The van der Waals surface area contributed by atoms with Crippen LogP contribution >= 0.6 is 0 Å². The molecule has 0 amide bonds. The van der Waals surface area contributed by atoms with Crippen LogP contribution in [0.25, 0.3) is 16.9 Å². The minimum Gasteiger partial charge on any atom is -0.493 e. The highest BCUT2D eigenvalue weighted by Gasteiger charge is 2.18. The molecule has 0 radical (unpaired) electrons. The van der Waals surface area contributed by atoms with Crippen molar-refractivity contribution < 1.29 is 9.47 Å². The van der Waals surface area contributed by atoms with Crippen LogP contribution in [0.4, 0.5) is 5.69 Å². The van der Waals surface area contributed by atoms with Gasteiger partial charge in [-0.3, -0.25) is 4.90 Å². The van der Waals surface area contributed by atoms with Crippen LogP contribution < -0.4 is 15.2 Å². The number of hydrogen-bond acceptors (Lipinski definition) is 5. The molecule has 6 heteroatoms. The Balaban J connectivity index is 2.18. The van der Waals surface area contributed by atoms with Gasteiger partial charge in [0.05, 0.1) is 25.6 Å². The number of pyridine rings is 1. The summed E-state index contributed by atoms with van der Waals surface area (Å²) < 4.78 is 12.9. The number of methoxy groups -OCH3 is 2. The lowest BCUT2D eigenvalue weighted by molar-refractivity contribution is 0.292. The van der Waals surface area contributed by atoms with Gasteiger partial charge >= 0.3 is 0 Å². The van der Waals surface area contributed by atoms with Gasteiger partial charge in [0.15, 0.2) is 11.5 Å². The highest BCUT2D eigenvalue weighted by molar-refractivity contribution is 5.70.